The van der Waals surface area contributed by atoms with E-state index in [0.717, 1.165) is 13.0 Å². The van der Waals surface area contributed by atoms with E-state index in [1.165, 1.54) is 0 Å². The van der Waals surface area contributed by atoms with Crippen LogP contribution in [0.3, 0.4) is 0 Å². The van der Waals surface area contributed by atoms with Crippen molar-refractivity contribution in [3.8, 4) is 0 Å². The molecule has 84 valence electrons. The first-order valence-corrected chi connectivity index (χ1v) is 5.03. The smallest absolute Gasteiger partial charge is 0.305 e. The molecule has 0 heterocycles. The van der Waals surface area contributed by atoms with Crippen LogP contribution in [0, 0.1) is 0 Å². The van der Waals surface area contributed by atoms with E-state index < -0.39 is 5.97 Å². The molecule has 0 amide bonds. The van der Waals surface area contributed by atoms with Crippen LogP contribution in [0.25, 0.3) is 0 Å². The quantitative estimate of drug-likeness (QED) is 0.602. The number of rotatable bonds is 8. The van der Waals surface area contributed by atoms with Crippen molar-refractivity contribution in [3.05, 3.63) is 0 Å². The number of carboxylic acid groups (broad SMARTS) is 1. The van der Waals surface area contributed by atoms with E-state index in [-0.39, 0.29) is 6.42 Å². The Balaban J connectivity index is 3.17. The molecule has 0 radical (unpaired) electrons. The molecule has 0 aliphatic carbocycles. The van der Waals surface area contributed by atoms with Crippen molar-refractivity contribution in [2.75, 3.05) is 26.8 Å². The van der Waals surface area contributed by atoms with Crippen LogP contribution < -0.4 is 0 Å². The second-order valence-corrected chi connectivity index (χ2v) is 3.68. The lowest BCUT2D eigenvalue weighted by atomic mass is 10.3. The van der Waals surface area contributed by atoms with Gasteiger partial charge in [0.25, 0.3) is 0 Å². The summed E-state index contributed by atoms with van der Waals surface area (Å²) < 4.78 is 5.17. The Bertz CT molecular complexity index is 159. The summed E-state index contributed by atoms with van der Waals surface area (Å²) in [7, 11) is 2.07. The predicted molar refractivity (Wildman–Crippen MR) is 55.5 cm³/mol. The maximum absolute atomic E-state index is 10.1. The first kappa shape index (κ1) is 13.4. The van der Waals surface area contributed by atoms with Crippen molar-refractivity contribution in [2.45, 2.75) is 32.7 Å². The fraction of sp³-hybridized carbons (Fsp3) is 0.900. The molecule has 4 heteroatoms. The molecule has 0 aliphatic rings. The zero-order valence-electron chi connectivity index (χ0n) is 9.32. The van der Waals surface area contributed by atoms with Crippen LogP contribution >= 0.6 is 0 Å². The normalized spacial score (nSPS) is 11.2. The molecule has 0 aromatic heterocycles. The highest BCUT2D eigenvalue weighted by Gasteiger charge is 2.02. The summed E-state index contributed by atoms with van der Waals surface area (Å²) in [6, 6.07) is 0.550. The van der Waals surface area contributed by atoms with Gasteiger partial charge < -0.3 is 14.7 Å². The fourth-order valence-electron chi connectivity index (χ4n) is 0.936. The Morgan fingerprint density at radius 1 is 1.43 bits per heavy atom. The minimum absolute atomic E-state index is 0.0972. The molecule has 0 saturated heterocycles. The van der Waals surface area contributed by atoms with Gasteiger partial charge in [-0.2, -0.15) is 0 Å². The second kappa shape index (κ2) is 7.76. The average molecular weight is 203 g/mol. The van der Waals surface area contributed by atoms with Gasteiger partial charge in [0.1, 0.15) is 0 Å². The largest absolute Gasteiger partial charge is 0.481 e. The summed E-state index contributed by atoms with van der Waals surface area (Å²) in [4.78, 5) is 12.4. The van der Waals surface area contributed by atoms with Crippen molar-refractivity contribution >= 4 is 5.97 Å². The Labute approximate surface area is 85.9 Å². The van der Waals surface area contributed by atoms with Crippen LogP contribution in [0.4, 0.5) is 0 Å². The zero-order valence-corrected chi connectivity index (χ0v) is 9.32. The summed E-state index contributed by atoms with van der Waals surface area (Å²) >= 11 is 0. The van der Waals surface area contributed by atoms with Crippen molar-refractivity contribution in [1.29, 1.82) is 0 Å². The van der Waals surface area contributed by atoms with E-state index in [0.29, 0.717) is 19.3 Å². The molecule has 0 bridgehead atoms. The van der Waals surface area contributed by atoms with Gasteiger partial charge in [0.2, 0.25) is 0 Å². The highest BCUT2D eigenvalue weighted by atomic mass is 16.5. The molecule has 14 heavy (non-hydrogen) atoms. The van der Waals surface area contributed by atoms with Crippen LogP contribution in [0.15, 0.2) is 0 Å². The lowest BCUT2D eigenvalue weighted by molar-refractivity contribution is -0.138. The third-order valence-electron chi connectivity index (χ3n) is 2.14. The van der Waals surface area contributed by atoms with Gasteiger partial charge in [0.05, 0.1) is 13.0 Å². The second-order valence-electron chi connectivity index (χ2n) is 3.68. The molecule has 0 aromatic carbocycles. The highest BCUT2D eigenvalue weighted by Crippen LogP contribution is 1.95. The summed E-state index contributed by atoms with van der Waals surface area (Å²) in [5, 5.41) is 8.34. The van der Waals surface area contributed by atoms with E-state index in [9.17, 15) is 4.79 Å². The van der Waals surface area contributed by atoms with Crippen LogP contribution in [-0.2, 0) is 9.53 Å². The number of hydrogen-bond acceptors (Lipinski definition) is 3. The number of carboxylic acids is 1. The fourth-order valence-corrected chi connectivity index (χ4v) is 0.936. The third kappa shape index (κ3) is 8.01. The number of hydrogen-bond donors (Lipinski definition) is 1. The summed E-state index contributed by atoms with van der Waals surface area (Å²) in [5.74, 6) is -0.802. The Kier molecular flexibility index (Phi) is 7.42. The van der Waals surface area contributed by atoms with E-state index in [1.54, 1.807) is 0 Å². The number of aliphatic carboxylic acids is 1. The van der Waals surface area contributed by atoms with Gasteiger partial charge in [-0.25, -0.2) is 0 Å². The van der Waals surface area contributed by atoms with E-state index in [2.05, 4.69) is 25.8 Å². The first-order valence-electron chi connectivity index (χ1n) is 5.03. The van der Waals surface area contributed by atoms with Gasteiger partial charge in [0, 0.05) is 19.2 Å². The van der Waals surface area contributed by atoms with E-state index >= 15 is 0 Å². The monoisotopic (exact) mass is 203 g/mol. The molecule has 0 rings (SSSR count). The number of carbonyl (C=O) groups is 1. The van der Waals surface area contributed by atoms with Crippen molar-refractivity contribution < 1.29 is 14.6 Å². The van der Waals surface area contributed by atoms with Crippen LogP contribution in [0.1, 0.15) is 26.7 Å². The molecular weight excluding hydrogens is 182 g/mol. The SMILES string of the molecule is CC(C)N(C)CCCOCCC(=O)O. The van der Waals surface area contributed by atoms with Crippen LogP contribution in [0.2, 0.25) is 0 Å². The minimum atomic E-state index is -0.802. The van der Waals surface area contributed by atoms with E-state index in [1.807, 2.05) is 0 Å². The van der Waals surface area contributed by atoms with Crippen LogP contribution in [0.5, 0.6) is 0 Å². The molecule has 4 nitrogen and oxygen atoms in total. The van der Waals surface area contributed by atoms with Crippen molar-refractivity contribution in [1.82, 2.24) is 4.90 Å². The molecule has 0 fully saturated rings. The lowest BCUT2D eigenvalue weighted by Gasteiger charge is -2.20. The van der Waals surface area contributed by atoms with Gasteiger partial charge >= 0.3 is 5.97 Å². The number of ether oxygens (including phenoxy) is 1. The maximum Gasteiger partial charge on any atom is 0.305 e. The molecule has 0 spiro atoms. The molecule has 0 aromatic rings. The van der Waals surface area contributed by atoms with Gasteiger partial charge in [0.15, 0.2) is 0 Å². The van der Waals surface area contributed by atoms with E-state index in [4.69, 9.17) is 9.84 Å². The van der Waals surface area contributed by atoms with Crippen LogP contribution in [-0.4, -0.2) is 48.8 Å². The molecular formula is C10H21NO3. The molecule has 1 N–H and O–H groups in total. The minimum Gasteiger partial charge on any atom is -0.481 e. The van der Waals surface area contributed by atoms with Gasteiger partial charge in [-0.05, 0) is 27.3 Å². The molecule has 0 unspecified atom stereocenters. The molecule has 0 saturated carbocycles. The molecule has 0 atom stereocenters. The Hall–Kier alpha value is -0.610. The highest BCUT2D eigenvalue weighted by molar-refractivity contribution is 5.66. The Morgan fingerprint density at radius 2 is 2.07 bits per heavy atom. The third-order valence-corrected chi connectivity index (χ3v) is 2.14. The first-order chi connectivity index (χ1) is 6.54. The summed E-state index contributed by atoms with van der Waals surface area (Å²) in [6.45, 7) is 6.24. The zero-order chi connectivity index (χ0) is 11.0. The molecule has 0 aliphatic heterocycles. The van der Waals surface area contributed by atoms with Crippen molar-refractivity contribution in [3.63, 3.8) is 0 Å². The lowest BCUT2D eigenvalue weighted by Crippen LogP contribution is -2.28. The van der Waals surface area contributed by atoms with Gasteiger partial charge in [-0.3, -0.25) is 4.79 Å². The van der Waals surface area contributed by atoms with Gasteiger partial charge in [-0.15, -0.1) is 0 Å². The standard InChI is InChI=1S/C10H21NO3/c1-9(2)11(3)6-4-7-14-8-5-10(12)13/h9H,4-8H2,1-3H3,(H,12,13). The number of nitrogens with zero attached hydrogens (tertiary/aromatic N) is 1. The summed E-state index contributed by atoms with van der Waals surface area (Å²) in [5.41, 5.74) is 0. The average Bonchev–Trinajstić information content (AvgIpc) is 2.09. The van der Waals surface area contributed by atoms with Crippen molar-refractivity contribution in [2.24, 2.45) is 0 Å². The topological polar surface area (TPSA) is 49.8 Å². The Morgan fingerprint density at radius 3 is 2.57 bits per heavy atom. The van der Waals surface area contributed by atoms with Gasteiger partial charge in [-0.1, -0.05) is 0 Å². The summed E-state index contributed by atoms with van der Waals surface area (Å²) in [6.07, 6.45) is 1.05. The predicted octanol–water partition coefficient (Wildman–Crippen LogP) is 1.21. The maximum atomic E-state index is 10.1.